The van der Waals surface area contributed by atoms with Gasteiger partial charge in [0.15, 0.2) is 0 Å². The zero-order valence-corrected chi connectivity index (χ0v) is 34.3. The maximum atomic E-state index is 12.7. The van der Waals surface area contributed by atoms with E-state index in [1.54, 1.807) is 0 Å². The highest BCUT2D eigenvalue weighted by Gasteiger charge is 2.12. The fourth-order valence-electron chi connectivity index (χ4n) is 5.58. The van der Waals surface area contributed by atoms with E-state index in [-0.39, 0.29) is 30.9 Å². The lowest BCUT2D eigenvalue weighted by molar-refractivity contribution is -0.147. The van der Waals surface area contributed by atoms with Crippen LogP contribution in [-0.2, 0) is 19.1 Å². The van der Waals surface area contributed by atoms with Gasteiger partial charge in [-0.2, -0.15) is 0 Å². The lowest BCUT2D eigenvalue weighted by Gasteiger charge is -2.14. The highest BCUT2D eigenvalue weighted by Crippen LogP contribution is 2.14. The van der Waals surface area contributed by atoms with E-state index < -0.39 is 5.97 Å². The molecule has 1 amide bonds. The Labute approximate surface area is 330 Å². The molecule has 0 aromatic heterocycles. The van der Waals surface area contributed by atoms with Gasteiger partial charge in [-0.25, -0.2) is 0 Å². The van der Waals surface area contributed by atoms with Crippen LogP contribution in [0.5, 0.6) is 0 Å². The van der Waals surface area contributed by atoms with Crippen molar-refractivity contribution >= 4 is 17.8 Å². The molecule has 1 unspecified atom stereocenters. The molecule has 0 fully saturated rings. The van der Waals surface area contributed by atoms with Crippen molar-refractivity contribution in [1.82, 2.24) is 5.32 Å². The summed E-state index contributed by atoms with van der Waals surface area (Å²) in [4.78, 5) is 35.2. The Bertz CT molecular complexity index is 1140. The average Bonchev–Trinajstić information content (AvgIpc) is 3.16. The normalized spacial score (nSPS) is 13.1. The van der Waals surface area contributed by atoms with Gasteiger partial charge >= 0.3 is 11.9 Å². The molecule has 6 heteroatoms. The van der Waals surface area contributed by atoms with Crippen LogP contribution >= 0.6 is 0 Å². The fourth-order valence-corrected chi connectivity index (χ4v) is 5.58. The van der Waals surface area contributed by atoms with Crippen molar-refractivity contribution in [3.8, 4) is 0 Å². The van der Waals surface area contributed by atoms with Crippen molar-refractivity contribution < 1.29 is 24.2 Å². The van der Waals surface area contributed by atoms with Crippen LogP contribution in [0.4, 0.5) is 0 Å². The highest BCUT2D eigenvalue weighted by molar-refractivity contribution is 5.81. The lowest BCUT2D eigenvalue weighted by atomic mass is 10.1. The molecule has 0 aliphatic heterocycles. The third kappa shape index (κ3) is 41.1. The Morgan fingerprint density at radius 2 is 0.963 bits per heavy atom. The van der Waals surface area contributed by atoms with Crippen LogP contribution in [0.1, 0.15) is 174 Å². The van der Waals surface area contributed by atoms with Crippen LogP contribution < -0.4 is 5.32 Å². The molecular weight excluding hydrogens is 671 g/mol. The maximum absolute atomic E-state index is 12.7. The van der Waals surface area contributed by atoms with Gasteiger partial charge in [-0.1, -0.05) is 156 Å². The number of rotatable bonds is 37. The van der Waals surface area contributed by atoms with Crippen LogP contribution in [-0.4, -0.2) is 35.6 Å². The van der Waals surface area contributed by atoms with Gasteiger partial charge in [0.25, 0.3) is 0 Å². The minimum Gasteiger partial charge on any atom is -0.480 e. The van der Waals surface area contributed by atoms with E-state index in [0.717, 1.165) is 70.6 Å². The number of hydrogen-bond acceptors (Lipinski definition) is 4. The molecule has 0 bridgehead atoms. The Morgan fingerprint density at radius 1 is 0.519 bits per heavy atom. The topological polar surface area (TPSA) is 92.7 Å². The number of nitrogens with one attached hydrogen (secondary N) is 1. The van der Waals surface area contributed by atoms with E-state index in [1.165, 1.54) is 57.8 Å². The standard InChI is InChI=1S/C48H77NO5/c1-3-5-7-9-11-13-15-17-19-20-21-22-23-24-25-27-29-31-33-35-37-43-48(53)54-45(41-38-39-42-46(50)49-44-47(51)52)40-36-34-32-30-28-26-18-16-14-12-10-8-6-4-2/h6,8,12,14-15,17-18,20-21,23-24,26,30,32,36,40,45H,3-5,7,9-11,13,16,19,22,25,27-29,31,33-35,37-39,41-44H2,1-2H3,(H,49,50)(H,51,52)/b8-6-,14-12-,17-15-,21-20-,24-23-,26-18-,32-30-,40-36-. The van der Waals surface area contributed by atoms with Gasteiger partial charge in [-0.3, -0.25) is 14.4 Å². The monoisotopic (exact) mass is 748 g/mol. The highest BCUT2D eigenvalue weighted by atomic mass is 16.5. The van der Waals surface area contributed by atoms with Gasteiger partial charge in [0.1, 0.15) is 12.6 Å². The van der Waals surface area contributed by atoms with Crippen LogP contribution in [0.25, 0.3) is 0 Å². The molecule has 0 radical (unpaired) electrons. The second-order valence-electron chi connectivity index (χ2n) is 13.9. The first kappa shape index (κ1) is 50.3. The van der Waals surface area contributed by atoms with E-state index in [0.29, 0.717) is 25.7 Å². The molecule has 2 N–H and O–H groups in total. The number of hydrogen-bond donors (Lipinski definition) is 2. The summed E-state index contributed by atoms with van der Waals surface area (Å²) in [6.07, 6.45) is 59.7. The minimum atomic E-state index is -1.06. The number of carboxylic acid groups (broad SMARTS) is 1. The summed E-state index contributed by atoms with van der Waals surface area (Å²) in [5.74, 6) is -1.51. The summed E-state index contributed by atoms with van der Waals surface area (Å²) >= 11 is 0. The average molecular weight is 748 g/mol. The first-order chi connectivity index (χ1) is 26.5. The number of carboxylic acids is 1. The largest absolute Gasteiger partial charge is 0.480 e. The quantitative estimate of drug-likeness (QED) is 0.0375. The van der Waals surface area contributed by atoms with Gasteiger partial charge in [-0.05, 0) is 102 Å². The Morgan fingerprint density at radius 3 is 1.48 bits per heavy atom. The van der Waals surface area contributed by atoms with E-state index in [1.807, 2.05) is 12.2 Å². The van der Waals surface area contributed by atoms with Crippen LogP contribution in [0.2, 0.25) is 0 Å². The van der Waals surface area contributed by atoms with Crippen LogP contribution in [0.3, 0.4) is 0 Å². The predicted molar refractivity (Wildman–Crippen MR) is 230 cm³/mol. The number of unbranched alkanes of at least 4 members (excludes halogenated alkanes) is 12. The molecule has 304 valence electrons. The molecule has 0 heterocycles. The van der Waals surface area contributed by atoms with Gasteiger partial charge in [0.05, 0.1) is 0 Å². The summed E-state index contributed by atoms with van der Waals surface area (Å²) in [6.45, 7) is 4.03. The molecule has 0 saturated heterocycles. The number of allylic oxidation sites excluding steroid dienone is 15. The first-order valence-corrected chi connectivity index (χ1v) is 21.4. The maximum Gasteiger partial charge on any atom is 0.322 e. The van der Waals surface area contributed by atoms with Crippen LogP contribution in [0, 0.1) is 0 Å². The lowest BCUT2D eigenvalue weighted by Crippen LogP contribution is -2.28. The van der Waals surface area contributed by atoms with Gasteiger partial charge < -0.3 is 15.2 Å². The van der Waals surface area contributed by atoms with Crippen molar-refractivity contribution in [3.63, 3.8) is 0 Å². The number of carbonyl (C=O) groups excluding carboxylic acids is 2. The van der Waals surface area contributed by atoms with Gasteiger partial charge in [0, 0.05) is 12.8 Å². The summed E-state index contributed by atoms with van der Waals surface area (Å²) in [5.41, 5.74) is 0. The van der Waals surface area contributed by atoms with E-state index in [4.69, 9.17) is 9.84 Å². The zero-order valence-electron chi connectivity index (χ0n) is 34.3. The molecule has 0 aromatic rings. The molecule has 6 nitrogen and oxygen atoms in total. The predicted octanol–water partition coefficient (Wildman–Crippen LogP) is 13.3. The molecule has 0 saturated carbocycles. The first-order valence-electron chi connectivity index (χ1n) is 21.4. The number of ether oxygens (including phenoxy) is 1. The summed E-state index contributed by atoms with van der Waals surface area (Å²) in [5, 5.41) is 11.1. The number of esters is 1. The van der Waals surface area contributed by atoms with E-state index in [2.05, 4.69) is 104 Å². The molecule has 0 spiro atoms. The molecule has 0 rings (SSSR count). The van der Waals surface area contributed by atoms with Crippen molar-refractivity contribution in [1.29, 1.82) is 0 Å². The fraction of sp³-hybridized carbons (Fsp3) is 0.604. The van der Waals surface area contributed by atoms with Crippen LogP contribution in [0.15, 0.2) is 97.2 Å². The smallest absolute Gasteiger partial charge is 0.322 e. The zero-order chi connectivity index (χ0) is 39.4. The molecule has 54 heavy (non-hydrogen) atoms. The van der Waals surface area contributed by atoms with E-state index in [9.17, 15) is 14.4 Å². The number of carbonyl (C=O) groups is 3. The Balaban J connectivity index is 4.28. The van der Waals surface area contributed by atoms with E-state index >= 15 is 0 Å². The molecular formula is C48H77NO5. The SMILES string of the molecule is CC/C=C\C/C=C\C/C=C\C/C=C\C/C=C\C(CCCCC(=O)NCC(=O)O)OC(=O)CCCCCCCC/C=C\C/C=C\C/C=C\CCCCCCC. The minimum absolute atomic E-state index is 0.173. The third-order valence-electron chi connectivity index (χ3n) is 8.72. The number of aliphatic carboxylic acids is 1. The Hall–Kier alpha value is -3.67. The van der Waals surface area contributed by atoms with Gasteiger partial charge in [0.2, 0.25) is 5.91 Å². The summed E-state index contributed by atoms with van der Waals surface area (Å²) < 4.78 is 5.83. The third-order valence-corrected chi connectivity index (χ3v) is 8.72. The Kier molecular flexibility index (Phi) is 39.2. The number of amides is 1. The summed E-state index contributed by atoms with van der Waals surface area (Å²) in [7, 11) is 0. The molecule has 0 aliphatic rings. The van der Waals surface area contributed by atoms with Crippen molar-refractivity contribution in [2.75, 3.05) is 6.54 Å². The van der Waals surface area contributed by atoms with Crippen molar-refractivity contribution in [3.05, 3.63) is 97.2 Å². The molecule has 0 aromatic carbocycles. The molecule has 0 aliphatic carbocycles. The second-order valence-corrected chi connectivity index (χ2v) is 13.9. The van der Waals surface area contributed by atoms with Gasteiger partial charge in [-0.15, -0.1) is 0 Å². The van der Waals surface area contributed by atoms with Crippen molar-refractivity contribution in [2.24, 2.45) is 0 Å². The summed E-state index contributed by atoms with van der Waals surface area (Å²) in [6, 6.07) is 0. The van der Waals surface area contributed by atoms with Crippen molar-refractivity contribution in [2.45, 2.75) is 180 Å². The second kappa shape index (κ2) is 42.1. The molecule has 1 atom stereocenters.